The molecule has 0 radical (unpaired) electrons. The molecule has 2 aromatic rings. The van der Waals surface area contributed by atoms with Crippen LogP contribution in [0.2, 0.25) is 0 Å². The van der Waals surface area contributed by atoms with Crippen molar-refractivity contribution in [1.82, 2.24) is 15.3 Å². The lowest BCUT2D eigenvalue weighted by molar-refractivity contribution is 0.250. The first kappa shape index (κ1) is 11.6. The largest absolute Gasteiger partial charge is 0.441 e. The second-order valence-electron chi connectivity index (χ2n) is 4.94. The highest BCUT2D eigenvalue weighted by Crippen LogP contribution is 2.41. The fourth-order valence-electron chi connectivity index (χ4n) is 1.88. The molecule has 0 aliphatic heterocycles. The van der Waals surface area contributed by atoms with Crippen molar-refractivity contribution in [3.05, 3.63) is 23.7 Å². The van der Waals surface area contributed by atoms with E-state index in [4.69, 9.17) is 9.52 Å². The lowest BCUT2D eigenvalue weighted by atomic mass is 10.3. The van der Waals surface area contributed by atoms with Gasteiger partial charge in [-0.05, 0) is 19.8 Å². The summed E-state index contributed by atoms with van der Waals surface area (Å²) in [5, 5.41) is 12.1. The summed E-state index contributed by atoms with van der Waals surface area (Å²) in [6.45, 7) is 2.65. The van der Waals surface area contributed by atoms with E-state index in [0.29, 0.717) is 18.2 Å². The van der Waals surface area contributed by atoms with E-state index in [-0.39, 0.29) is 12.6 Å². The molecule has 3 rings (SSSR count). The van der Waals surface area contributed by atoms with Crippen molar-refractivity contribution in [2.75, 3.05) is 6.61 Å². The number of aromatic nitrogens is 2. The average Bonchev–Trinajstić information content (AvgIpc) is 3.15. The number of hydrogen-bond donors (Lipinski definition) is 2. The summed E-state index contributed by atoms with van der Waals surface area (Å²) in [5.41, 5.74) is 2.31. The highest BCUT2D eigenvalue weighted by Gasteiger charge is 2.27. The fourth-order valence-corrected chi connectivity index (χ4v) is 1.88. The topological polar surface area (TPSA) is 71.2 Å². The first-order chi connectivity index (χ1) is 8.76. The second-order valence-corrected chi connectivity index (χ2v) is 4.94. The number of aliphatic hydroxyl groups is 1. The molecule has 2 N–H and O–H groups in total. The number of furan rings is 1. The van der Waals surface area contributed by atoms with E-state index in [1.54, 1.807) is 6.20 Å². The molecule has 5 nitrogen and oxygen atoms in total. The van der Waals surface area contributed by atoms with Crippen LogP contribution in [-0.4, -0.2) is 27.7 Å². The molecule has 1 unspecified atom stereocenters. The molecule has 0 spiro atoms. The summed E-state index contributed by atoms with van der Waals surface area (Å²) in [7, 11) is 0. The van der Waals surface area contributed by atoms with Crippen LogP contribution in [0.25, 0.3) is 11.2 Å². The lowest BCUT2D eigenvalue weighted by Gasteiger charge is -2.09. The van der Waals surface area contributed by atoms with Gasteiger partial charge in [0.25, 0.3) is 0 Å². The minimum absolute atomic E-state index is 0.0638. The van der Waals surface area contributed by atoms with Crippen LogP contribution in [0, 0.1) is 0 Å². The third kappa shape index (κ3) is 2.37. The third-order valence-electron chi connectivity index (χ3n) is 3.19. The Morgan fingerprint density at radius 3 is 3.11 bits per heavy atom. The Morgan fingerprint density at radius 1 is 1.56 bits per heavy atom. The van der Waals surface area contributed by atoms with Gasteiger partial charge in [-0.3, -0.25) is 0 Å². The van der Waals surface area contributed by atoms with Gasteiger partial charge in [0.15, 0.2) is 0 Å². The second kappa shape index (κ2) is 4.66. The van der Waals surface area contributed by atoms with Crippen LogP contribution in [0.15, 0.2) is 16.7 Å². The molecule has 0 bridgehead atoms. The van der Waals surface area contributed by atoms with E-state index < -0.39 is 0 Å². The molecule has 1 atom stereocenters. The van der Waals surface area contributed by atoms with Gasteiger partial charge in [0, 0.05) is 24.6 Å². The molecule has 5 heteroatoms. The molecular formula is C13H17N3O2. The van der Waals surface area contributed by atoms with Crippen molar-refractivity contribution >= 4 is 11.2 Å². The van der Waals surface area contributed by atoms with Gasteiger partial charge in [-0.1, -0.05) is 0 Å². The molecule has 18 heavy (non-hydrogen) atoms. The number of nitrogens with one attached hydrogen (secondary N) is 1. The normalized spacial score (nSPS) is 17.2. The summed E-state index contributed by atoms with van der Waals surface area (Å²) < 4.78 is 5.66. The van der Waals surface area contributed by atoms with Crippen LogP contribution < -0.4 is 5.32 Å². The van der Waals surface area contributed by atoms with Crippen LogP contribution in [0.3, 0.4) is 0 Å². The smallest absolute Gasteiger partial charge is 0.245 e. The van der Waals surface area contributed by atoms with Crippen molar-refractivity contribution in [2.45, 2.75) is 38.3 Å². The van der Waals surface area contributed by atoms with Gasteiger partial charge in [-0.15, -0.1) is 0 Å². The molecule has 0 aromatic carbocycles. The number of rotatable bonds is 5. The summed E-state index contributed by atoms with van der Waals surface area (Å²) in [4.78, 5) is 8.80. The van der Waals surface area contributed by atoms with E-state index in [1.807, 2.05) is 13.0 Å². The molecule has 1 saturated carbocycles. The Labute approximate surface area is 105 Å². The number of nitrogens with zero attached hydrogens (tertiary/aromatic N) is 2. The highest BCUT2D eigenvalue weighted by atomic mass is 16.3. The van der Waals surface area contributed by atoms with Crippen LogP contribution >= 0.6 is 0 Å². The first-order valence-corrected chi connectivity index (χ1v) is 6.36. The van der Waals surface area contributed by atoms with Gasteiger partial charge in [-0.25, -0.2) is 9.97 Å². The molecule has 0 amide bonds. The van der Waals surface area contributed by atoms with Crippen LogP contribution in [-0.2, 0) is 6.54 Å². The zero-order chi connectivity index (χ0) is 12.5. The summed E-state index contributed by atoms with van der Waals surface area (Å²) in [6.07, 6.45) is 4.14. The van der Waals surface area contributed by atoms with E-state index in [2.05, 4.69) is 15.3 Å². The SMILES string of the molecule is CC(CO)NCc1cnc2oc(C3CC3)cc2n1. The number of aliphatic hydroxyl groups excluding tert-OH is 1. The maximum Gasteiger partial charge on any atom is 0.245 e. The van der Waals surface area contributed by atoms with Gasteiger partial charge in [0.05, 0.1) is 18.5 Å². The maximum atomic E-state index is 8.94. The standard InChI is InChI=1S/C13H17N3O2/c1-8(7-17)14-5-10-6-15-13-11(16-10)4-12(18-13)9-2-3-9/h4,6,8-9,14,17H,2-3,5,7H2,1H3. The zero-order valence-corrected chi connectivity index (χ0v) is 10.4. The average molecular weight is 247 g/mol. The van der Waals surface area contributed by atoms with Crippen molar-refractivity contribution in [1.29, 1.82) is 0 Å². The molecule has 96 valence electrons. The summed E-state index contributed by atoms with van der Waals surface area (Å²) in [6, 6.07) is 2.06. The summed E-state index contributed by atoms with van der Waals surface area (Å²) >= 11 is 0. The summed E-state index contributed by atoms with van der Waals surface area (Å²) in [5.74, 6) is 1.59. The Morgan fingerprint density at radius 2 is 2.39 bits per heavy atom. The van der Waals surface area contributed by atoms with Crippen molar-refractivity contribution < 1.29 is 9.52 Å². The Balaban J connectivity index is 1.77. The third-order valence-corrected chi connectivity index (χ3v) is 3.19. The zero-order valence-electron chi connectivity index (χ0n) is 10.4. The van der Waals surface area contributed by atoms with Gasteiger partial charge in [0.2, 0.25) is 5.71 Å². The molecule has 1 aliphatic carbocycles. The number of hydrogen-bond acceptors (Lipinski definition) is 5. The van der Waals surface area contributed by atoms with Gasteiger partial charge in [-0.2, -0.15) is 0 Å². The van der Waals surface area contributed by atoms with Gasteiger partial charge in [0.1, 0.15) is 11.3 Å². The van der Waals surface area contributed by atoms with E-state index in [1.165, 1.54) is 12.8 Å². The van der Waals surface area contributed by atoms with E-state index >= 15 is 0 Å². The van der Waals surface area contributed by atoms with Gasteiger partial charge >= 0.3 is 0 Å². The molecule has 1 aliphatic rings. The molecule has 1 fully saturated rings. The maximum absolute atomic E-state index is 8.94. The Bertz CT molecular complexity index is 548. The van der Waals surface area contributed by atoms with Gasteiger partial charge < -0.3 is 14.8 Å². The minimum Gasteiger partial charge on any atom is -0.441 e. The quantitative estimate of drug-likeness (QED) is 0.839. The highest BCUT2D eigenvalue weighted by molar-refractivity contribution is 5.69. The van der Waals surface area contributed by atoms with E-state index in [0.717, 1.165) is 17.0 Å². The first-order valence-electron chi connectivity index (χ1n) is 6.36. The lowest BCUT2D eigenvalue weighted by Crippen LogP contribution is -2.29. The van der Waals surface area contributed by atoms with Crippen molar-refractivity contribution in [3.63, 3.8) is 0 Å². The Kier molecular flexibility index (Phi) is 3.01. The Hall–Kier alpha value is -1.46. The van der Waals surface area contributed by atoms with E-state index in [9.17, 15) is 0 Å². The predicted octanol–water partition coefficient (Wildman–Crippen LogP) is 1.57. The van der Waals surface area contributed by atoms with Crippen LogP contribution in [0.4, 0.5) is 0 Å². The molecular weight excluding hydrogens is 230 g/mol. The van der Waals surface area contributed by atoms with Crippen LogP contribution in [0.1, 0.15) is 37.1 Å². The fraction of sp³-hybridized carbons (Fsp3) is 0.538. The minimum atomic E-state index is 0.0638. The van der Waals surface area contributed by atoms with Crippen molar-refractivity contribution in [2.24, 2.45) is 0 Å². The molecule has 2 aromatic heterocycles. The number of fused-ring (bicyclic) bond motifs is 1. The van der Waals surface area contributed by atoms with Crippen molar-refractivity contribution in [3.8, 4) is 0 Å². The molecule has 0 saturated heterocycles. The molecule has 2 heterocycles. The predicted molar refractivity (Wildman–Crippen MR) is 67.2 cm³/mol. The monoisotopic (exact) mass is 247 g/mol. The van der Waals surface area contributed by atoms with Crippen LogP contribution in [0.5, 0.6) is 0 Å².